The van der Waals surface area contributed by atoms with Crippen LogP contribution in [0.2, 0.25) is 0 Å². The van der Waals surface area contributed by atoms with Gasteiger partial charge in [0.1, 0.15) is 0 Å². The summed E-state index contributed by atoms with van der Waals surface area (Å²) in [6, 6.07) is 4.11. The Hall–Kier alpha value is -1.91. The largest absolute Gasteiger partial charge is 0.490 e. The smallest absolute Gasteiger partial charge is 0.310 e. The van der Waals surface area contributed by atoms with Gasteiger partial charge in [-0.05, 0) is 12.1 Å². The number of ether oxygens (including phenoxy) is 1. The number of ketones is 1. The number of methoxy groups -OCH3 is 1. The van der Waals surface area contributed by atoms with E-state index in [2.05, 4.69) is 0 Å². The summed E-state index contributed by atoms with van der Waals surface area (Å²) in [6.45, 7) is 1.73. The molecule has 0 atom stereocenters. The van der Waals surface area contributed by atoms with Crippen LogP contribution in [0, 0.1) is 10.1 Å². The molecule has 5 nitrogen and oxygen atoms in total. The van der Waals surface area contributed by atoms with Crippen LogP contribution in [-0.2, 0) is 0 Å². The molecular formula is C10H11NO4. The first-order valence-electron chi connectivity index (χ1n) is 4.45. The number of nitro groups is 1. The van der Waals surface area contributed by atoms with E-state index >= 15 is 0 Å². The SMILES string of the molecule is CCC(=O)c1ccc([N+](=O)[O-])c(OC)c1. The Balaban J connectivity index is 3.19. The van der Waals surface area contributed by atoms with Crippen molar-refractivity contribution in [3.63, 3.8) is 0 Å². The molecule has 15 heavy (non-hydrogen) atoms. The first-order chi connectivity index (χ1) is 7.10. The van der Waals surface area contributed by atoms with E-state index in [1.54, 1.807) is 6.92 Å². The Bertz CT molecular complexity index is 400. The van der Waals surface area contributed by atoms with Gasteiger partial charge in [0.15, 0.2) is 11.5 Å². The molecule has 0 radical (unpaired) electrons. The fraction of sp³-hybridized carbons (Fsp3) is 0.300. The van der Waals surface area contributed by atoms with Gasteiger partial charge in [0, 0.05) is 18.1 Å². The fourth-order valence-electron chi connectivity index (χ4n) is 1.21. The van der Waals surface area contributed by atoms with Crippen LogP contribution in [0.1, 0.15) is 23.7 Å². The molecule has 1 aromatic rings. The van der Waals surface area contributed by atoms with Crippen LogP contribution in [0.4, 0.5) is 5.69 Å². The van der Waals surface area contributed by atoms with E-state index in [4.69, 9.17) is 4.74 Å². The van der Waals surface area contributed by atoms with Crippen molar-refractivity contribution in [1.29, 1.82) is 0 Å². The lowest BCUT2D eigenvalue weighted by Gasteiger charge is -2.03. The minimum absolute atomic E-state index is 0.0665. The maximum Gasteiger partial charge on any atom is 0.310 e. The molecule has 0 spiro atoms. The van der Waals surface area contributed by atoms with E-state index in [1.165, 1.54) is 25.3 Å². The molecule has 0 unspecified atom stereocenters. The van der Waals surface area contributed by atoms with Gasteiger partial charge in [-0.2, -0.15) is 0 Å². The highest BCUT2D eigenvalue weighted by Gasteiger charge is 2.16. The van der Waals surface area contributed by atoms with Gasteiger partial charge in [-0.25, -0.2) is 0 Å². The molecule has 80 valence electrons. The topological polar surface area (TPSA) is 69.4 Å². The quantitative estimate of drug-likeness (QED) is 0.433. The number of nitrogens with zero attached hydrogens (tertiary/aromatic N) is 1. The summed E-state index contributed by atoms with van der Waals surface area (Å²) in [5, 5.41) is 10.6. The normalized spacial score (nSPS) is 9.73. The third kappa shape index (κ3) is 2.31. The molecule has 0 heterocycles. The molecule has 0 aliphatic rings. The molecule has 0 amide bonds. The summed E-state index contributed by atoms with van der Waals surface area (Å²) in [4.78, 5) is 21.4. The van der Waals surface area contributed by atoms with E-state index in [1.807, 2.05) is 0 Å². The minimum atomic E-state index is -0.543. The maximum absolute atomic E-state index is 11.3. The highest BCUT2D eigenvalue weighted by Crippen LogP contribution is 2.27. The standard InChI is InChI=1S/C10H11NO4/c1-3-9(12)7-4-5-8(11(13)14)10(6-7)15-2/h4-6H,3H2,1-2H3. The second-order valence-electron chi connectivity index (χ2n) is 2.92. The van der Waals surface area contributed by atoms with Crippen LogP contribution in [0.25, 0.3) is 0 Å². The molecular weight excluding hydrogens is 198 g/mol. The maximum atomic E-state index is 11.3. The van der Waals surface area contributed by atoms with E-state index in [9.17, 15) is 14.9 Å². The number of Topliss-reactive ketones (excluding diaryl/α,β-unsaturated/α-hetero) is 1. The van der Waals surface area contributed by atoms with Crippen molar-refractivity contribution >= 4 is 11.5 Å². The van der Waals surface area contributed by atoms with Crippen LogP contribution in [0.5, 0.6) is 5.75 Å². The second-order valence-corrected chi connectivity index (χ2v) is 2.92. The lowest BCUT2D eigenvalue weighted by molar-refractivity contribution is -0.385. The zero-order valence-corrected chi connectivity index (χ0v) is 8.52. The number of nitro benzene ring substituents is 1. The third-order valence-corrected chi connectivity index (χ3v) is 2.02. The van der Waals surface area contributed by atoms with Crippen molar-refractivity contribution in [3.8, 4) is 5.75 Å². The fourth-order valence-corrected chi connectivity index (χ4v) is 1.21. The molecule has 1 rings (SSSR count). The molecule has 0 bridgehead atoms. The van der Waals surface area contributed by atoms with Crippen molar-refractivity contribution in [2.24, 2.45) is 0 Å². The van der Waals surface area contributed by atoms with Gasteiger partial charge >= 0.3 is 5.69 Å². The summed E-state index contributed by atoms with van der Waals surface area (Å²) < 4.78 is 4.85. The van der Waals surface area contributed by atoms with E-state index in [-0.39, 0.29) is 17.2 Å². The first kappa shape index (κ1) is 11.2. The molecule has 0 saturated carbocycles. The predicted octanol–water partition coefficient (Wildman–Crippen LogP) is 2.20. The lowest BCUT2D eigenvalue weighted by Crippen LogP contribution is -1.99. The number of rotatable bonds is 4. The average molecular weight is 209 g/mol. The predicted molar refractivity (Wildman–Crippen MR) is 54.3 cm³/mol. The van der Waals surface area contributed by atoms with Crippen molar-refractivity contribution < 1.29 is 14.5 Å². The third-order valence-electron chi connectivity index (χ3n) is 2.02. The molecule has 0 aliphatic heterocycles. The zero-order valence-electron chi connectivity index (χ0n) is 8.52. The van der Waals surface area contributed by atoms with Crippen molar-refractivity contribution in [2.45, 2.75) is 13.3 Å². The van der Waals surface area contributed by atoms with E-state index in [0.717, 1.165) is 0 Å². The lowest BCUT2D eigenvalue weighted by atomic mass is 10.1. The summed E-state index contributed by atoms with van der Waals surface area (Å²) in [7, 11) is 1.34. The van der Waals surface area contributed by atoms with Crippen LogP contribution < -0.4 is 4.74 Å². The Morgan fingerprint density at radius 1 is 1.53 bits per heavy atom. The second kappa shape index (κ2) is 4.54. The summed E-state index contributed by atoms with van der Waals surface area (Å²) in [6.07, 6.45) is 0.362. The highest BCUT2D eigenvalue weighted by atomic mass is 16.6. The van der Waals surface area contributed by atoms with Crippen molar-refractivity contribution in [2.75, 3.05) is 7.11 Å². The van der Waals surface area contributed by atoms with Gasteiger partial charge in [0.25, 0.3) is 0 Å². The number of benzene rings is 1. The molecule has 0 fully saturated rings. The molecule has 5 heteroatoms. The monoisotopic (exact) mass is 209 g/mol. The minimum Gasteiger partial charge on any atom is -0.490 e. The molecule has 0 N–H and O–H groups in total. The van der Waals surface area contributed by atoms with Crippen molar-refractivity contribution in [1.82, 2.24) is 0 Å². The van der Waals surface area contributed by atoms with Crippen LogP contribution >= 0.6 is 0 Å². The number of hydrogen-bond donors (Lipinski definition) is 0. The first-order valence-corrected chi connectivity index (χ1v) is 4.45. The average Bonchev–Trinajstić information content (AvgIpc) is 2.26. The van der Waals surface area contributed by atoms with E-state index < -0.39 is 4.92 Å². The molecule has 0 saturated heterocycles. The summed E-state index contributed by atoms with van der Waals surface area (Å²) >= 11 is 0. The molecule has 0 aromatic heterocycles. The summed E-state index contributed by atoms with van der Waals surface area (Å²) in [5.41, 5.74) is 0.296. The summed E-state index contributed by atoms with van der Waals surface area (Å²) in [5.74, 6) is 0.0440. The number of carbonyl (C=O) groups is 1. The van der Waals surface area contributed by atoms with Gasteiger partial charge in [-0.1, -0.05) is 6.92 Å². The Labute approximate surface area is 86.8 Å². The van der Waals surface area contributed by atoms with Gasteiger partial charge in [0.05, 0.1) is 12.0 Å². The van der Waals surface area contributed by atoms with Crippen LogP contribution in [0.15, 0.2) is 18.2 Å². The van der Waals surface area contributed by atoms with Gasteiger partial charge in [-0.3, -0.25) is 14.9 Å². The molecule has 0 aliphatic carbocycles. The van der Waals surface area contributed by atoms with Crippen molar-refractivity contribution in [3.05, 3.63) is 33.9 Å². The Kier molecular flexibility index (Phi) is 3.38. The van der Waals surface area contributed by atoms with Crippen LogP contribution in [0.3, 0.4) is 0 Å². The Morgan fingerprint density at radius 3 is 2.67 bits per heavy atom. The van der Waals surface area contributed by atoms with Crippen LogP contribution in [-0.4, -0.2) is 17.8 Å². The Morgan fingerprint density at radius 2 is 2.20 bits per heavy atom. The zero-order chi connectivity index (χ0) is 11.4. The molecule has 1 aromatic carbocycles. The van der Waals surface area contributed by atoms with Gasteiger partial charge < -0.3 is 4.74 Å². The van der Waals surface area contributed by atoms with Gasteiger partial charge in [-0.15, -0.1) is 0 Å². The number of hydrogen-bond acceptors (Lipinski definition) is 4. The van der Waals surface area contributed by atoms with Gasteiger partial charge in [0.2, 0.25) is 0 Å². The highest BCUT2D eigenvalue weighted by molar-refractivity contribution is 5.96. The number of carbonyl (C=O) groups excluding carboxylic acids is 1. The van der Waals surface area contributed by atoms with E-state index in [0.29, 0.717) is 12.0 Å².